The molecule has 0 heterocycles. The Balaban J connectivity index is 2.77. The number of rotatable bonds is 6. The summed E-state index contributed by atoms with van der Waals surface area (Å²) in [6, 6.07) is 7.61. The van der Waals surface area contributed by atoms with Gasteiger partial charge in [-0.3, -0.25) is 4.79 Å². The lowest BCUT2D eigenvalue weighted by atomic mass is 10.1. The van der Waals surface area contributed by atoms with Crippen LogP contribution in [0, 0.1) is 0 Å². The summed E-state index contributed by atoms with van der Waals surface area (Å²) >= 11 is 0. The summed E-state index contributed by atoms with van der Waals surface area (Å²) in [5, 5.41) is 9.46. The van der Waals surface area contributed by atoms with Crippen molar-refractivity contribution in [2.24, 2.45) is 4.99 Å². The number of nitrogens with one attached hydrogen (secondary N) is 3. The molecule has 0 spiro atoms. The Morgan fingerprint density at radius 3 is 2.52 bits per heavy atom. The topological polar surface area (TPSA) is 65.5 Å². The van der Waals surface area contributed by atoms with Crippen LogP contribution in [0.4, 0.5) is 0 Å². The predicted octanol–water partition coefficient (Wildman–Crippen LogP) is 2.68. The van der Waals surface area contributed by atoms with Crippen molar-refractivity contribution in [2.45, 2.75) is 53.1 Å². The van der Waals surface area contributed by atoms with Gasteiger partial charge in [-0.2, -0.15) is 0 Å². The molecule has 0 saturated heterocycles. The van der Waals surface area contributed by atoms with Crippen molar-refractivity contribution in [3.8, 4) is 0 Å². The molecule has 128 valence electrons. The molecule has 1 amide bonds. The molecule has 1 aromatic carbocycles. The zero-order chi connectivity index (χ0) is 17.3. The fraction of sp³-hybridized carbons (Fsp3) is 0.556. The number of hydrogen-bond donors (Lipinski definition) is 3. The van der Waals surface area contributed by atoms with Gasteiger partial charge in [-0.15, -0.1) is 0 Å². The predicted molar refractivity (Wildman–Crippen MR) is 96.8 cm³/mol. The Bertz CT molecular complexity index is 532. The molecule has 3 N–H and O–H groups in total. The standard InChI is InChI=1S/C18H30N4O/c1-6-11-20-17(19-7-2)21-13-14-9-8-10-15(12-14)16(23)22-18(3,4)5/h8-10,12H,6-7,11,13H2,1-5H3,(H,22,23)(H2,19,20,21). The van der Waals surface area contributed by atoms with E-state index in [-0.39, 0.29) is 11.4 Å². The van der Waals surface area contributed by atoms with Crippen LogP contribution in [0.15, 0.2) is 29.3 Å². The van der Waals surface area contributed by atoms with E-state index >= 15 is 0 Å². The van der Waals surface area contributed by atoms with Crippen LogP contribution in [-0.4, -0.2) is 30.5 Å². The quantitative estimate of drug-likeness (QED) is 0.558. The number of nitrogens with zero attached hydrogens (tertiary/aromatic N) is 1. The Morgan fingerprint density at radius 2 is 1.91 bits per heavy atom. The van der Waals surface area contributed by atoms with E-state index in [0.29, 0.717) is 12.1 Å². The van der Waals surface area contributed by atoms with E-state index < -0.39 is 0 Å². The van der Waals surface area contributed by atoms with Crippen LogP contribution in [0.5, 0.6) is 0 Å². The molecule has 1 rings (SSSR count). The Hall–Kier alpha value is -2.04. The zero-order valence-corrected chi connectivity index (χ0v) is 15.0. The molecule has 0 atom stereocenters. The Labute approximate surface area is 140 Å². The van der Waals surface area contributed by atoms with Crippen LogP contribution in [0.1, 0.15) is 57.0 Å². The smallest absolute Gasteiger partial charge is 0.251 e. The van der Waals surface area contributed by atoms with E-state index in [1.54, 1.807) is 0 Å². The summed E-state index contributed by atoms with van der Waals surface area (Å²) in [6.07, 6.45) is 1.05. The van der Waals surface area contributed by atoms with Crippen molar-refractivity contribution in [3.63, 3.8) is 0 Å². The van der Waals surface area contributed by atoms with Crippen LogP contribution >= 0.6 is 0 Å². The summed E-state index contributed by atoms with van der Waals surface area (Å²) in [7, 11) is 0. The molecule has 0 aromatic heterocycles. The van der Waals surface area contributed by atoms with Crippen molar-refractivity contribution in [1.82, 2.24) is 16.0 Å². The van der Waals surface area contributed by atoms with Crippen molar-refractivity contribution in [3.05, 3.63) is 35.4 Å². The first-order valence-electron chi connectivity index (χ1n) is 8.29. The van der Waals surface area contributed by atoms with Gasteiger partial charge in [-0.25, -0.2) is 4.99 Å². The minimum Gasteiger partial charge on any atom is -0.357 e. The van der Waals surface area contributed by atoms with Gasteiger partial charge in [0.15, 0.2) is 5.96 Å². The Kier molecular flexibility index (Phi) is 7.59. The first-order valence-corrected chi connectivity index (χ1v) is 8.29. The third-order valence-corrected chi connectivity index (χ3v) is 2.98. The normalized spacial score (nSPS) is 12.0. The fourth-order valence-electron chi connectivity index (χ4n) is 1.98. The SMILES string of the molecule is CCCNC(=NCc1cccc(C(=O)NC(C)(C)C)c1)NCC. The Morgan fingerprint density at radius 1 is 1.17 bits per heavy atom. The maximum absolute atomic E-state index is 12.2. The molecular weight excluding hydrogens is 288 g/mol. The molecule has 1 aromatic rings. The molecule has 0 aliphatic carbocycles. The zero-order valence-electron chi connectivity index (χ0n) is 15.0. The molecular formula is C18H30N4O. The van der Waals surface area contributed by atoms with Crippen molar-refractivity contribution in [1.29, 1.82) is 0 Å². The van der Waals surface area contributed by atoms with E-state index in [4.69, 9.17) is 0 Å². The summed E-state index contributed by atoms with van der Waals surface area (Å²) < 4.78 is 0. The highest BCUT2D eigenvalue weighted by Crippen LogP contribution is 2.09. The molecule has 0 fully saturated rings. The second kappa shape index (κ2) is 9.18. The van der Waals surface area contributed by atoms with Gasteiger partial charge in [-0.1, -0.05) is 19.1 Å². The molecule has 5 heteroatoms. The van der Waals surface area contributed by atoms with Gasteiger partial charge in [0, 0.05) is 24.2 Å². The first-order chi connectivity index (χ1) is 10.9. The van der Waals surface area contributed by atoms with Crippen LogP contribution in [-0.2, 0) is 6.54 Å². The van der Waals surface area contributed by atoms with Gasteiger partial charge in [-0.05, 0) is 51.8 Å². The van der Waals surface area contributed by atoms with Crippen molar-refractivity contribution < 1.29 is 4.79 Å². The minimum absolute atomic E-state index is 0.0562. The van der Waals surface area contributed by atoms with Crippen LogP contribution in [0.2, 0.25) is 0 Å². The number of guanidine groups is 1. The van der Waals surface area contributed by atoms with Crippen molar-refractivity contribution in [2.75, 3.05) is 13.1 Å². The fourth-order valence-corrected chi connectivity index (χ4v) is 1.98. The molecule has 0 unspecified atom stereocenters. The van der Waals surface area contributed by atoms with Crippen LogP contribution < -0.4 is 16.0 Å². The number of carbonyl (C=O) groups is 1. The van der Waals surface area contributed by atoms with Crippen molar-refractivity contribution >= 4 is 11.9 Å². The number of amides is 1. The summed E-state index contributed by atoms with van der Waals surface area (Å²) in [5.74, 6) is 0.748. The molecule has 23 heavy (non-hydrogen) atoms. The molecule has 0 radical (unpaired) electrons. The third-order valence-electron chi connectivity index (χ3n) is 2.98. The third kappa shape index (κ3) is 7.68. The molecule has 0 bridgehead atoms. The molecule has 0 saturated carbocycles. The number of benzene rings is 1. The first kappa shape index (κ1) is 19.0. The lowest BCUT2D eigenvalue weighted by Gasteiger charge is -2.20. The summed E-state index contributed by atoms with van der Waals surface area (Å²) in [6.45, 7) is 12.3. The monoisotopic (exact) mass is 318 g/mol. The van der Waals surface area contributed by atoms with Crippen LogP contribution in [0.25, 0.3) is 0 Å². The maximum atomic E-state index is 12.2. The molecule has 0 aliphatic rings. The van der Waals surface area contributed by atoms with E-state index in [2.05, 4.69) is 27.9 Å². The van der Waals surface area contributed by atoms with Gasteiger partial charge < -0.3 is 16.0 Å². The average molecular weight is 318 g/mol. The largest absolute Gasteiger partial charge is 0.357 e. The van der Waals surface area contributed by atoms with E-state index in [1.165, 1.54) is 0 Å². The van der Waals surface area contributed by atoms with E-state index in [1.807, 2.05) is 52.0 Å². The lowest BCUT2D eigenvalue weighted by Crippen LogP contribution is -2.40. The van der Waals surface area contributed by atoms with E-state index in [0.717, 1.165) is 31.0 Å². The second-order valence-corrected chi connectivity index (χ2v) is 6.53. The maximum Gasteiger partial charge on any atom is 0.251 e. The highest BCUT2D eigenvalue weighted by Gasteiger charge is 2.15. The minimum atomic E-state index is -0.243. The lowest BCUT2D eigenvalue weighted by molar-refractivity contribution is 0.0919. The highest BCUT2D eigenvalue weighted by molar-refractivity contribution is 5.94. The van der Waals surface area contributed by atoms with Gasteiger partial charge >= 0.3 is 0 Å². The molecule has 0 aliphatic heterocycles. The van der Waals surface area contributed by atoms with Gasteiger partial charge in [0.1, 0.15) is 0 Å². The molecule has 5 nitrogen and oxygen atoms in total. The van der Waals surface area contributed by atoms with Gasteiger partial charge in [0.05, 0.1) is 6.54 Å². The summed E-state index contributed by atoms with van der Waals surface area (Å²) in [5.41, 5.74) is 1.44. The number of hydrogen-bond acceptors (Lipinski definition) is 2. The average Bonchev–Trinajstić information content (AvgIpc) is 2.48. The van der Waals surface area contributed by atoms with Gasteiger partial charge in [0.25, 0.3) is 5.91 Å². The van der Waals surface area contributed by atoms with Crippen LogP contribution in [0.3, 0.4) is 0 Å². The van der Waals surface area contributed by atoms with Gasteiger partial charge in [0.2, 0.25) is 0 Å². The van der Waals surface area contributed by atoms with E-state index in [9.17, 15) is 4.79 Å². The number of carbonyl (C=O) groups excluding carboxylic acids is 1. The second-order valence-electron chi connectivity index (χ2n) is 6.53. The highest BCUT2D eigenvalue weighted by atomic mass is 16.1. The summed E-state index contributed by atoms with van der Waals surface area (Å²) in [4.78, 5) is 16.8. The number of aliphatic imine (C=N–C) groups is 1.